The van der Waals surface area contributed by atoms with Gasteiger partial charge in [0.25, 0.3) is 0 Å². The predicted octanol–water partition coefficient (Wildman–Crippen LogP) is 1.77. The molecule has 3 rings (SSSR count). The number of aromatic nitrogens is 2. The standard InChI is InChI=1S/C13H16N2O3/c16-11(17)5-10-6-14-12(9-3-4-9)13(15-10)18-7-8-1-2-8/h6,8-9H,1-5,7H2,(H,16,17). The summed E-state index contributed by atoms with van der Waals surface area (Å²) in [6, 6.07) is 0. The van der Waals surface area contributed by atoms with Gasteiger partial charge < -0.3 is 9.84 Å². The molecule has 0 aromatic carbocycles. The van der Waals surface area contributed by atoms with Crippen molar-refractivity contribution in [1.29, 1.82) is 0 Å². The van der Waals surface area contributed by atoms with Crippen molar-refractivity contribution in [2.45, 2.75) is 38.0 Å². The Morgan fingerprint density at radius 2 is 2.17 bits per heavy atom. The molecule has 0 spiro atoms. The minimum atomic E-state index is -0.892. The number of carbonyl (C=O) groups is 1. The molecule has 1 aromatic rings. The highest BCUT2D eigenvalue weighted by molar-refractivity contribution is 5.69. The van der Waals surface area contributed by atoms with Gasteiger partial charge in [0.1, 0.15) is 5.69 Å². The van der Waals surface area contributed by atoms with Crippen molar-refractivity contribution in [2.24, 2.45) is 5.92 Å². The van der Waals surface area contributed by atoms with Gasteiger partial charge in [-0.1, -0.05) is 0 Å². The van der Waals surface area contributed by atoms with Crippen LogP contribution in [0, 0.1) is 5.92 Å². The van der Waals surface area contributed by atoms with Gasteiger partial charge in [0.2, 0.25) is 5.88 Å². The molecule has 2 fully saturated rings. The van der Waals surface area contributed by atoms with Crippen LogP contribution in [0.1, 0.15) is 43.0 Å². The smallest absolute Gasteiger partial charge is 0.309 e. The Hall–Kier alpha value is -1.65. The van der Waals surface area contributed by atoms with Gasteiger partial charge in [-0.25, -0.2) is 4.98 Å². The number of ether oxygens (including phenoxy) is 1. The van der Waals surface area contributed by atoms with E-state index >= 15 is 0 Å². The third-order valence-electron chi connectivity index (χ3n) is 3.27. The van der Waals surface area contributed by atoms with Gasteiger partial charge in [-0.2, -0.15) is 0 Å². The molecular formula is C13H16N2O3. The van der Waals surface area contributed by atoms with Crippen LogP contribution in [0.15, 0.2) is 6.20 Å². The van der Waals surface area contributed by atoms with Gasteiger partial charge in [-0.3, -0.25) is 9.78 Å². The molecule has 5 nitrogen and oxygen atoms in total. The lowest BCUT2D eigenvalue weighted by molar-refractivity contribution is -0.136. The zero-order chi connectivity index (χ0) is 12.5. The van der Waals surface area contributed by atoms with Crippen molar-refractivity contribution in [3.8, 4) is 5.88 Å². The van der Waals surface area contributed by atoms with Crippen molar-refractivity contribution >= 4 is 5.97 Å². The molecule has 0 radical (unpaired) electrons. The molecule has 1 aromatic heterocycles. The molecular weight excluding hydrogens is 232 g/mol. The fourth-order valence-corrected chi connectivity index (χ4v) is 1.88. The fraction of sp³-hybridized carbons (Fsp3) is 0.615. The molecule has 0 amide bonds. The SMILES string of the molecule is O=C(O)Cc1cnc(C2CC2)c(OCC2CC2)n1. The largest absolute Gasteiger partial charge is 0.481 e. The van der Waals surface area contributed by atoms with E-state index < -0.39 is 5.97 Å². The Morgan fingerprint density at radius 3 is 2.78 bits per heavy atom. The van der Waals surface area contributed by atoms with E-state index in [1.54, 1.807) is 6.20 Å². The summed E-state index contributed by atoms with van der Waals surface area (Å²) in [4.78, 5) is 19.3. The quantitative estimate of drug-likeness (QED) is 0.830. The average molecular weight is 248 g/mol. The van der Waals surface area contributed by atoms with Crippen LogP contribution in [0.3, 0.4) is 0 Å². The summed E-state index contributed by atoms with van der Waals surface area (Å²) in [5.74, 6) is 0.785. The lowest BCUT2D eigenvalue weighted by atomic mass is 10.2. The summed E-state index contributed by atoms with van der Waals surface area (Å²) in [5.41, 5.74) is 1.38. The van der Waals surface area contributed by atoms with Gasteiger partial charge in [0.15, 0.2) is 0 Å². The molecule has 96 valence electrons. The molecule has 2 aliphatic carbocycles. The normalized spacial score (nSPS) is 18.7. The number of aliphatic carboxylic acids is 1. The summed E-state index contributed by atoms with van der Waals surface area (Å²) in [7, 11) is 0. The Morgan fingerprint density at radius 1 is 1.39 bits per heavy atom. The maximum atomic E-state index is 10.7. The van der Waals surface area contributed by atoms with E-state index in [1.165, 1.54) is 12.8 Å². The highest BCUT2D eigenvalue weighted by atomic mass is 16.5. The van der Waals surface area contributed by atoms with Gasteiger partial charge >= 0.3 is 5.97 Å². The first-order valence-corrected chi connectivity index (χ1v) is 6.43. The van der Waals surface area contributed by atoms with E-state index in [4.69, 9.17) is 9.84 Å². The van der Waals surface area contributed by atoms with E-state index in [-0.39, 0.29) is 6.42 Å². The van der Waals surface area contributed by atoms with Crippen LogP contribution < -0.4 is 4.74 Å². The van der Waals surface area contributed by atoms with E-state index in [0.717, 1.165) is 18.5 Å². The van der Waals surface area contributed by atoms with Gasteiger partial charge in [0, 0.05) is 12.1 Å². The van der Waals surface area contributed by atoms with Crippen molar-refractivity contribution < 1.29 is 14.6 Å². The van der Waals surface area contributed by atoms with Crippen LogP contribution in [0.25, 0.3) is 0 Å². The molecule has 0 saturated heterocycles. The van der Waals surface area contributed by atoms with Crippen LogP contribution >= 0.6 is 0 Å². The van der Waals surface area contributed by atoms with E-state index in [0.29, 0.717) is 30.0 Å². The molecule has 18 heavy (non-hydrogen) atoms. The first kappa shape index (κ1) is 11.4. The zero-order valence-corrected chi connectivity index (χ0v) is 10.1. The maximum Gasteiger partial charge on any atom is 0.309 e. The average Bonchev–Trinajstić information content (AvgIpc) is 3.19. The van der Waals surface area contributed by atoms with Crippen LogP contribution in [0.2, 0.25) is 0 Å². The van der Waals surface area contributed by atoms with Crippen LogP contribution in [-0.2, 0) is 11.2 Å². The molecule has 1 heterocycles. The second-order valence-corrected chi connectivity index (χ2v) is 5.15. The lowest BCUT2D eigenvalue weighted by Gasteiger charge is -2.09. The maximum absolute atomic E-state index is 10.7. The minimum Gasteiger partial charge on any atom is -0.481 e. The monoisotopic (exact) mass is 248 g/mol. The number of carboxylic acids is 1. The zero-order valence-electron chi connectivity index (χ0n) is 10.1. The summed E-state index contributed by atoms with van der Waals surface area (Å²) < 4.78 is 5.72. The third-order valence-corrected chi connectivity index (χ3v) is 3.27. The second kappa shape index (κ2) is 4.55. The number of hydrogen-bond donors (Lipinski definition) is 1. The number of carboxylic acid groups (broad SMARTS) is 1. The molecule has 0 aliphatic heterocycles. The molecule has 0 bridgehead atoms. The number of hydrogen-bond acceptors (Lipinski definition) is 4. The highest BCUT2D eigenvalue weighted by Crippen LogP contribution is 2.42. The topological polar surface area (TPSA) is 72.3 Å². The molecule has 0 atom stereocenters. The first-order chi connectivity index (χ1) is 8.72. The van der Waals surface area contributed by atoms with E-state index in [1.807, 2.05) is 0 Å². The summed E-state index contributed by atoms with van der Waals surface area (Å²) in [6.07, 6.45) is 6.17. The van der Waals surface area contributed by atoms with Gasteiger partial charge in [-0.15, -0.1) is 0 Å². The Bertz CT molecular complexity index is 467. The Balaban J connectivity index is 1.77. The highest BCUT2D eigenvalue weighted by Gasteiger charge is 2.30. The number of rotatable bonds is 6. The number of nitrogens with zero attached hydrogens (tertiary/aromatic N) is 2. The summed E-state index contributed by atoms with van der Waals surface area (Å²) in [5, 5.41) is 8.77. The lowest BCUT2D eigenvalue weighted by Crippen LogP contribution is -2.09. The Labute approximate surface area is 105 Å². The van der Waals surface area contributed by atoms with Crippen molar-refractivity contribution in [3.63, 3.8) is 0 Å². The molecule has 2 saturated carbocycles. The summed E-state index contributed by atoms with van der Waals surface area (Å²) in [6.45, 7) is 0.685. The van der Waals surface area contributed by atoms with Crippen molar-refractivity contribution in [2.75, 3.05) is 6.61 Å². The molecule has 2 aliphatic rings. The Kier molecular flexibility index (Phi) is 2.89. The predicted molar refractivity (Wildman–Crippen MR) is 63.6 cm³/mol. The third kappa shape index (κ3) is 2.78. The van der Waals surface area contributed by atoms with Gasteiger partial charge in [0.05, 0.1) is 18.7 Å². The van der Waals surface area contributed by atoms with Crippen molar-refractivity contribution in [1.82, 2.24) is 9.97 Å². The van der Waals surface area contributed by atoms with Gasteiger partial charge in [-0.05, 0) is 31.6 Å². The summed E-state index contributed by atoms with van der Waals surface area (Å²) >= 11 is 0. The van der Waals surface area contributed by atoms with Crippen molar-refractivity contribution in [3.05, 3.63) is 17.6 Å². The first-order valence-electron chi connectivity index (χ1n) is 6.43. The van der Waals surface area contributed by atoms with Crippen LogP contribution in [0.5, 0.6) is 5.88 Å². The molecule has 1 N–H and O–H groups in total. The minimum absolute atomic E-state index is 0.0995. The van der Waals surface area contributed by atoms with Crippen LogP contribution in [0.4, 0.5) is 0 Å². The van der Waals surface area contributed by atoms with Crippen LogP contribution in [-0.4, -0.2) is 27.7 Å². The van der Waals surface area contributed by atoms with E-state index in [2.05, 4.69) is 9.97 Å². The fourth-order valence-electron chi connectivity index (χ4n) is 1.88. The molecule has 0 unspecified atom stereocenters. The molecule has 5 heteroatoms. The van der Waals surface area contributed by atoms with E-state index in [9.17, 15) is 4.79 Å². The second-order valence-electron chi connectivity index (χ2n) is 5.15.